The predicted octanol–water partition coefficient (Wildman–Crippen LogP) is 5.07. The first kappa shape index (κ1) is 28.7. The molecular formula is C32H43N3O4. The van der Waals surface area contributed by atoms with Crippen molar-refractivity contribution in [2.45, 2.75) is 77.3 Å². The molecule has 3 amide bonds. The van der Waals surface area contributed by atoms with E-state index in [4.69, 9.17) is 10.5 Å². The van der Waals surface area contributed by atoms with Crippen molar-refractivity contribution in [1.82, 2.24) is 10.2 Å². The summed E-state index contributed by atoms with van der Waals surface area (Å²) in [4.78, 5) is 41.4. The average molecular weight is 534 g/mol. The van der Waals surface area contributed by atoms with Gasteiger partial charge in [-0.05, 0) is 72.9 Å². The van der Waals surface area contributed by atoms with E-state index in [2.05, 4.69) is 17.4 Å². The van der Waals surface area contributed by atoms with Crippen LogP contribution in [0.3, 0.4) is 0 Å². The van der Waals surface area contributed by atoms with Crippen molar-refractivity contribution in [2.24, 2.45) is 23.5 Å². The number of likely N-dealkylation sites (tertiary alicyclic amines) is 1. The molecule has 39 heavy (non-hydrogen) atoms. The van der Waals surface area contributed by atoms with E-state index in [9.17, 15) is 14.4 Å². The highest BCUT2D eigenvalue weighted by atomic mass is 16.5. The smallest absolute Gasteiger partial charge is 0.245 e. The van der Waals surface area contributed by atoms with Crippen LogP contribution in [0.15, 0.2) is 48.5 Å². The fourth-order valence-electron chi connectivity index (χ4n) is 5.92. The average Bonchev–Trinajstić information content (AvgIpc) is 3.08. The largest absolute Gasteiger partial charge is 0.497 e. The lowest BCUT2D eigenvalue weighted by Crippen LogP contribution is -2.51. The number of nitrogens with zero attached hydrogens (tertiary/aromatic N) is 1. The number of hydrogen-bond donors (Lipinski definition) is 2. The van der Waals surface area contributed by atoms with Gasteiger partial charge < -0.3 is 20.7 Å². The normalized spacial score (nSPS) is 19.5. The Balaban J connectivity index is 1.46. The molecule has 3 atom stereocenters. The summed E-state index contributed by atoms with van der Waals surface area (Å²) in [5.41, 5.74) is 8.96. The SMILES string of the molecule is CCCC(C(N)=O)C(CC1CCC1)C(=O)N[C@H]1CCCCN(Cc2cccc(-c3ccc(OC)cc3)c2)C1=O. The molecular weight excluding hydrogens is 490 g/mol. The molecule has 0 bridgehead atoms. The van der Waals surface area contributed by atoms with Crippen molar-refractivity contribution in [1.29, 1.82) is 0 Å². The second-order valence-corrected chi connectivity index (χ2v) is 11.2. The molecule has 3 N–H and O–H groups in total. The fraction of sp³-hybridized carbons (Fsp3) is 0.531. The van der Waals surface area contributed by atoms with Gasteiger partial charge in [0.25, 0.3) is 0 Å². The molecule has 210 valence electrons. The summed E-state index contributed by atoms with van der Waals surface area (Å²) < 4.78 is 5.27. The van der Waals surface area contributed by atoms with Crippen LogP contribution in [0.4, 0.5) is 0 Å². The van der Waals surface area contributed by atoms with Crippen molar-refractivity contribution in [3.05, 3.63) is 54.1 Å². The molecule has 0 radical (unpaired) electrons. The Bertz CT molecular complexity index is 1130. The van der Waals surface area contributed by atoms with Gasteiger partial charge in [-0.2, -0.15) is 0 Å². The maximum absolute atomic E-state index is 13.7. The van der Waals surface area contributed by atoms with Crippen LogP contribution < -0.4 is 15.8 Å². The zero-order valence-electron chi connectivity index (χ0n) is 23.4. The molecule has 2 aromatic carbocycles. The van der Waals surface area contributed by atoms with E-state index in [1.165, 1.54) is 6.42 Å². The summed E-state index contributed by atoms with van der Waals surface area (Å²) in [7, 11) is 1.65. The minimum Gasteiger partial charge on any atom is -0.497 e. The van der Waals surface area contributed by atoms with E-state index in [0.29, 0.717) is 38.3 Å². The Morgan fingerprint density at radius 1 is 1.03 bits per heavy atom. The zero-order chi connectivity index (χ0) is 27.8. The van der Waals surface area contributed by atoms with Crippen LogP contribution in [-0.2, 0) is 20.9 Å². The molecule has 2 aromatic rings. The second-order valence-electron chi connectivity index (χ2n) is 11.2. The molecule has 7 nitrogen and oxygen atoms in total. The van der Waals surface area contributed by atoms with Gasteiger partial charge in [0.1, 0.15) is 11.8 Å². The summed E-state index contributed by atoms with van der Waals surface area (Å²) in [6.45, 7) is 3.15. The molecule has 1 heterocycles. The Labute approximate surface area is 232 Å². The van der Waals surface area contributed by atoms with E-state index in [1.54, 1.807) is 7.11 Å². The molecule has 1 aliphatic carbocycles. The van der Waals surface area contributed by atoms with E-state index in [1.807, 2.05) is 48.2 Å². The lowest BCUT2D eigenvalue weighted by molar-refractivity contribution is -0.139. The minimum absolute atomic E-state index is 0.0517. The lowest BCUT2D eigenvalue weighted by Gasteiger charge is -2.33. The van der Waals surface area contributed by atoms with Gasteiger partial charge in [-0.1, -0.05) is 62.9 Å². The number of benzene rings is 2. The van der Waals surface area contributed by atoms with Gasteiger partial charge in [-0.25, -0.2) is 0 Å². The summed E-state index contributed by atoms with van der Waals surface area (Å²) in [5.74, 6) is -0.359. The Morgan fingerprint density at radius 3 is 2.44 bits per heavy atom. The van der Waals surface area contributed by atoms with E-state index in [0.717, 1.165) is 54.5 Å². The number of carbonyl (C=O) groups is 3. The van der Waals surface area contributed by atoms with Crippen molar-refractivity contribution in [2.75, 3.05) is 13.7 Å². The molecule has 0 aromatic heterocycles. The van der Waals surface area contributed by atoms with E-state index >= 15 is 0 Å². The first-order valence-electron chi connectivity index (χ1n) is 14.5. The Kier molecular flexibility index (Phi) is 10.0. The van der Waals surface area contributed by atoms with Crippen molar-refractivity contribution >= 4 is 17.7 Å². The quantitative estimate of drug-likeness (QED) is 0.398. The third kappa shape index (κ3) is 7.40. The number of nitrogens with two attached hydrogens (primary N) is 1. The number of hydrogen-bond acceptors (Lipinski definition) is 4. The number of methoxy groups -OCH3 is 1. The monoisotopic (exact) mass is 533 g/mol. The number of nitrogens with one attached hydrogen (secondary N) is 1. The predicted molar refractivity (Wildman–Crippen MR) is 153 cm³/mol. The summed E-state index contributed by atoms with van der Waals surface area (Å²) in [6.07, 6.45) is 7.76. The summed E-state index contributed by atoms with van der Waals surface area (Å²) in [6, 6.07) is 15.6. The molecule has 1 saturated carbocycles. The Morgan fingerprint density at radius 2 is 1.79 bits per heavy atom. The first-order chi connectivity index (χ1) is 18.9. The van der Waals surface area contributed by atoms with Gasteiger partial charge in [0, 0.05) is 24.9 Å². The first-order valence-corrected chi connectivity index (χ1v) is 14.5. The standard InChI is InChI=1S/C32H43N3O4/c1-3-8-27(30(33)36)28(20-22-9-6-10-22)31(37)34-29-13-4-5-18-35(32(29)38)21-23-11-7-12-25(19-23)24-14-16-26(39-2)17-15-24/h7,11-12,14-17,19,22,27-29H,3-6,8-10,13,18,20-21H2,1-2H3,(H2,33,36)(H,34,37)/t27?,28?,29-/m0/s1. The molecule has 2 fully saturated rings. The molecule has 0 spiro atoms. The van der Waals surface area contributed by atoms with Crippen LogP contribution in [0.1, 0.15) is 70.3 Å². The van der Waals surface area contributed by atoms with Gasteiger partial charge in [0.05, 0.1) is 7.11 Å². The van der Waals surface area contributed by atoms with Gasteiger partial charge in [-0.15, -0.1) is 0 Å². The van der Waals surface area contributed by atoms with Crippen LogP contribution in [0.5, 0.6) is 5.75 Å². The fourth-order valence-corrected chi connectivity index (χ4v) is 5.92. The molecule has 1 saturated heterocycles. The maximum Gasteiger partial charge on any atom is 0.245 e. The van der Waals surface area contributed by atoms with Crippen molar-refractivity contribution in [3.63, 3.8) is 0 Å². The molecule has 2 unspecified atom stereocenters. The second kappa shape index (κ2) is 13.6. The van der Waals surface area contributed by atoms with Gasteiger partial charge in [-0.3, -0.25) is 14.4 Å². The number of amides is 3. The number of primary amides is 1. The van der Waals surface area contributed by atoms with Crippen molar-refractivity contribution < 1.29 is 19.1 Å². The highest BCUT2D eigenvalue weighted by Gasteiger charge is 2.37. The number of carbonyl (C=O) groups excluding carboxylic acids is 3. The third-order valence-electron chi connectivity index (χ3n) is 8.42. The van der Waals surface area contributed by atoms with Crippen LogP contribution >= 0.6 is 0 Å². The minimum atomic E-state index is -0.580. The maximum atomic E-state index is 13.7. The highest BCUT2D eigenvalue weighted by molar-refractivity contribution is 5.91. The third-order valence-corrected chi connectivity index (χ3v) is 8.42. The molecule has 7 heteroatoms. The van der Waals surface area contributed by atoms with Crippen LogP contribution in [-0.4, -0.2) is 42.3 Å². The van der Waals surface area contributed by atoms with E-state index < -0.39 is 23.8 Å². The summed E-state index contributed by atoms with van der Waals surface area (Å²) in [5, 5.41) is 3.07. The van der Waals surface area contributed by atoms with Gasteiger partial charge in [0.2, 0.25) is 17.7 Å². The number of rotatable bonds is 12. The van der Waals surface area contributed by atoms with E-state index in [-0.39, 0.29) is 11.8 Å². The molecule has 2 aliphatic rings. The van der Waals surface area contributed by atoms with Gasteiger partial charge in [0.15, 0.2) is 0 Å². The Hall–Kier alpha value is -3.35. The van der Waals surface area contributed by atoms with Crippen molar-refractivity contribution in [3.8, 4) is 16.9 Å². The van der Waals surface area contributed by atoms with Crippen LogP contribution in [0.25, 0.3) is 11.1 Å². The summed E-state index contributed by atoms with van der Waals surface area (Å²) >= 11 is 0. The lowest BCUT2D eigenvalue weighted by atomic mass is 9.74. The molecule has 4 rings (SSSR count). The van der Waals surface area contributed by atoms with Crippen LogP contribution in [0, 0.1) is 17.8 Å². The highest BCUT2D eigenvalue weighted by Crippen LogP contribution is 2.36. The molecule has 1 aliphatic heterocycles. The zero-order valence-corrected chi connectivity index (χ0v) is 23.4. The van der Waals surface area contributed by atoms with Gasteiger partial charge >= 0.3 is 0 Å². The topological polar surface area (TPSA) is 102 Å². The van der Waals surface area contributed by atoms with Crippen LogP contribution in [0.2, 0.25) is 0 Å². The number of ether oxygens (including phenoxy) is 1.